The van der Waals surface area contributed by atoms with Crippen LogP contribution < -0.4 is 10.1 Å². The molecule has 5 heteroatoms. The lowest BCUT2D eigenvalue weighted by molar-refractivity contribution is -0.127. The molecule has 1 fully saturated rings. The monoisotopic (exact) mass is 311 g/mol. The summed E-state index contributed by atoms with van der Waals surface area (Å²) in [6, 6.07) is 6.95. The number of amides is 1. The van der Waals surface area contributed by atoms with E-state index in [1.807, 2.05) is 0 Å². The van der Waals surface area contributed by atoms with E-state index >= 15 is 0 Å². The van der Waals surface area contributed by atoms with Crippen LogP contribution in [0.25, 0.3) is 0 Å². The van der Waals surface area contributed by atoms with Crippen molar-refractivity contribution in [2.45, 2.75) is 44.8 Å². The molecule has 1 aliphatic rings. The molecule has 2 N–H and O–H groups in total. The summed E-state index contributed by atoms with van der Waals surface area (Å²) in [6.45, 7) is 2.38. The number of aliphatic hydroxyl groups is 1. The lowest BCUT2D eigenvalue weighted by atomic mass is 9.87. The van der Waals surface area contributed by atoms with Crippen LogP contribution >= 0.6 is 11.6 Å². The molecule has 1 aromatic carbocycles. The number of halogens is 1. The number of ether oxygens (including phenoxy) is 1. The predicted octanol–water partition coefficient (Wildman–Crippen LogP) is 2.77. The number of carbonyl (C=O) groups is 1. The van der Waals surface area contributed by atoms with Gasteiger partial charge in [-0.05, 0) is 62.8 Å². The molecule has 1 aliphatic carbocycles. The average molecular weight is 312 g/mol. The lowest BCUT2D eigenvalue weighted by Gasteiger charge is -2.26. The van der Waals surface area contributed by atoms with Gasteiger partial charge in [0.05, 0.1) is 6.10 Å². The van der Waals surface area contributed by atoms with E-state index in [4.69, 9.17) is 16.3 Å². The fraction of sp³-hybridized carbons (Fsp3) is 0.562. The van der Waals surface area contributed by atoms with Crippen LogP contribution in [-0.4, -0.2) is 29.8 Å². The zero-order chi connectivity index (χ0) is 15.2. The standard InChI is InChI=1S/C16H22ClNO3/c1-11(21-15-8-4-13(17)5-9-15)16(20)18-10-12-2-6-14(19)7-3-12/h4-5,8-9,11-12,14,19H,2-3,6-7,10H2,1H3,(H,18,20). The van der Waals surface area contributed by atoms with E-state index in [-0.39, 0.29) is 12.0 Å². The molecule has 0 radical (unpaired) electrons. The van der Waals surface area contributed by atoms with Gasteiger partial charge < -0.3 is 15.2 Å². The summed E-state index contributed by atoms with van der Waals surface area (Å²) in [7, 11) is 0. The lowest BCUT2D eigenvalue weighted by Crippen LogP contribution is -2.39. The molecule has 1 atom stereocenters. The number of nitrogens with one attached hydrogen (secondary N) is 1. The Hall–Kier alpha value is -1.26. The highest BCUT2D eigenvalue weighted by Gasteiger charge is 2.21. The van der Waals surface area contributed by atoms with E-state index < -0.39 is 6.10 Å². The highest BCUT2D eigenvalue weighted by atomic mass is 35.5. The molecule has 4 nitrogen and oxygen atoms in total. The topological polar surface area (TPSA) is 58.6 Å². The SMILES string of the molecule is CC(Oc1ccc(Cl)cc1)C(=O)NCC1CCC(O)CC1. The van der Waals surface area contributed by atoms with Crippen molar-refractivity contribution in [1.29, 1.82) is 0 Å². The summed E-state index contributed by atoms with van der Waals surface area (Å²) in [5.41, 5.74) is 0. The summed E-state index contributed by atoms with van der Waals surface area (Å²) in [5.74, 6) is 0.971. The van der Waals surface area contributed by atoms with Crippen molar-refractivity contribution in [2.75, 3.05) is 6.54 Å². The van der Waals surface area contributed by atoms with Crippen LogP contribution in [0, 0.1) is 5.92 Å². The first kappa shape index (κ1) is 16.1. The minimum Gasteiger partial charge on any atom is -0.481 e. The Bertz CT molecular complexity index is 455. The first-order valence-electron chi connectivity index (χ1n) is 7.42. The zero-order valence-electron chi connectivity index (χ0n) is 12.2. The Kier molecular flexibility index (Phi) is 5.88. The van der Waals surface area contributed by atoms with Crippen LogP contribution in [0.3, 0.4) is 0 Å². The molecule has 116 valence electrons. The van der Waals surface area contributed by atoms with Gasteiger partial charge in [0.2, 0.25) is 0 Å². The van der Waals surface area contributed by atoms with Gasteiger partial charge in [0.25, 0.3) is 5.91 Å². The normalized spacial score (nSPS) is 23.4. The average Bonchev–Trinajstić information content (AvgIpc) is 2.48. The van der Waals surface area contributed by atoms with Gasteiger partial charge in [0.1, 0.15) is 5.75 Å². The number of aliphatic hydroxyl groups excluding tert-OH is 1. The third-order valence-corrected chi connectivity index (χ3v) is 4.13. The molecule has 0 spiro atoms. The summed E-state index contributed by atoms with van der Waals surface area (Å²) in [4.78, 5) is 12.0. The van der Waals surface area contributed by atoms with Crippen LogP contribution in [-0.2, 0) is 4.79 Å². The highest BCUT2D eigenvalue weighted by molar-refractivity contribution is 6.30. The fourth-order valence-corrected chi connectivity index (χ4v) is 2.63. The Morgan fingerprint density at radius 1 is 1.33 bits per heavy atom. The maximum Gasteiger partial charge on any atom is 0.260 e. The first-order valence-corrected chi connectivity index (χ1v) is 7.80. The van der Waals surface area contributed by atoms with E-state index in [2.05, 4.69) is 5.32 Å². The molecule has 2 rings (SSSR count). The second kappa shape index (κ2) is 7.66. The number of rotatable bonds is 5. The van der Waals surface area contributed by atoms with Crippen LogP contribution in [0.4, 0.5) is 0 Å². The van der Waals surface area contributed by atoms with Crippen molar-refractivity contribution in [3.63, 3.8) is 0 Å². The summed E-state index contributed by atoms with van der Waals surface area (Å²) >= 11 is 5.80. The van der Waals surface area contributed by atoms with Crippen molar-refractivity contribution in [3.05, 3.63) is 29.3 Å². The molecular formula is C16H22ClNO3. The Morgan fingerprint density at radius 3 is 2.57 bits per heavy atom. The summed E-state index contributed by atoms with van der Waals surface area (Å²) < 4.78 is 5.58. The minimum absolute atomic E-state index is 0.115. The van der Waals surface area contributed by atoms with Gasteiger partial charge in [-0.2, -0.15) is 0 Å². The number of hydrogen-bond acceptors (Lipinski definition) is 3. The molecule has 1 saturated carbocycles. The number of hydrogen-bond donors (Lipinski definition) is 2. The van der Waals surface area contributed by atoms with Gasteiger partial charge in [0.15, 0.2) is 6.10 Å². The van der Waals surface area contributed by atoms with Crippen molar-refractivity contribution in [2.24, 2.45) is 5.92 Å². The fourth-order valence-electron chi connectivity index (χ4n) is 2.51. The maximum atomic E-state index is 12.0. The quantitative estimate of drug-likeness (QED) is 0.879. The zero-order valence-corrected chi connectivity index (χ0v) is 13.0. The summed E-state index contributed by atoms with van der Waals surface area (Å²) in [6.07, 6.45) is 2.89. The third kappa shape index (κ3) is 5.21. The van der Waals surface area contributed by atoms with Gasteiger partial charge in [-0.25, -0.2) is 0 Å². The molecule has 0 aliphatic heterocycles. The molecule has 0 saturated heterocycles. The second-order valence-electron chi connectivity index (χ2n) is 5.63. The number of carbonyl (C=O) groups excluding carboxylic acids is 1. The Labute approximate surface area is 130 Å². The first-order chi connectivity index (χ1) is 10.0. The van der Waals surface area contributed by atoms with Crippen LogP contribution in [0.2, 0.25) is 5.02 Å². The minimum atomic E-state index is -0.541. The molecule has 0 heterocycles. The second-order valence-corrected chi connectivity index (χ2v) is 6.07. The summed E-state index contributed by atoms with van der Waals surface area (Å²) in [5, 5.41) is 13.0. The molecule has 1 amide bonds. The Morgan fingerprint density at radius 2 is 1.95 bits per heavy atom. The molecule has 1 aromatic rings. The molecule has 21 heavy (non-hydrogen) atoms. The van der Waals surface area contributed by atoms with E-state index in [1.54, 1.807) is 31.2 Å². The highest BCUT2D eigenvalue weighted by Crippen LogP contribution is 2.23. The predicted molar refractivity (Wildman–Crippen MR) is 82.5 cm³/mol. The van der Waals surface area contributed by atoms with Crippen LogP contribution in [0.15, 0.2) is 24.3 Å². The van der Waals surface area contributed by atoms with E-state index in [0.717, 1.165) is 25.7 Å². The largest absolute Gasteiger partial charge is 0.481 e. The number of benzene rings is 1. The van der Waals surface area contributed by atoms with Crippen LogP contribution in [0.1, 0.15) is 32.6 Å². The molecule has 0 bridgehead atoms. The van der Waals surface area contributed by atoms with Gasteiger partial charge in [-0.3, -0.25) is 4.79 Å². The van der Waals surface area contributed by atoms with Crippen molar-refractivity contribution < 1.29 is 14.6 Å². The molecule has 1 unspecified atom stereocenters. The van der Waals surface area contributed by atoms with Gasteiger partial charge in [-0.1, -0.05) is 11.6 Å². The smallest absolute Gasteiger partial charge is 0.260 e. The molecule has 0 aromatic heterocycles. The van der Waals surface area contributed by atoms with Crippen molar-refractivity contribution in [1.82, 2.24) is 5.32 Å². The van der Waals surface area contributed by atoms with Gasteiger partial charge in [0, 0.05) is 11.6 Å². The Balaban J connectivity index is 1.73. The van der Waals surface area contributed by atoms with Gasteiger partial charge in [-0.15, -0.1) is 0 Å². The van der Waals surface area contributed by atoms with E-state index in [9.17, 15) is 9.90 Å². The molecular weight excluding hydrogens is 290 g/mol. The maximum absolute atomic E-state index is 12.0. The van der Waals surface area contributed by atoms with Crippen molar-refractivity contribution >= 4 is 17.5 Å². The van der Waals surface area contributed by atoms with E-state index in [1.165, 1.54) is 0 Å². The van der Waals surface area contributed by atoms with E-state index in [0.29, 0.717) is 23.2 Å². The van der Waals surface area contributed by atoms with Gasteiger partial charge >= 0.3 is 0 Å². The van der Waals surface area contributed by atoms with Crippen molar-refractivity contribution in [3.8, 4) is 5.75 Å². The van der Waals surface area contributed by atoms with Crippen LogP contribution in [0.5, 0.6) is 5.75 Å². The third-order valence-electron chi connectivity index (χ3n) is 3.88.